The van der Waals surface area contributed by atoms with Gasteiger partial charge in [-0.25, -0.2) is 0 Å². The number of carbonyl (C=O) groups is 1. The highest BCUT2D eigenvalue weighted by Crippen LogP contribution is 2.23. The molecular formula is C21H24N4OS. The molecule has 0 saturated carbocycles. The zero-order chi connectivity index (χ0) is 19.2. The summed E-state index contributed by atoms with van der Waals surface area (Å²) in [6, 6.07) is 18.0. The van der Waals surface area contributed by atoms with Crippen molar-refractivity contribution >= 4 is 23.4 Å². The van der Waals surface area contributed by atoms with Crippen molar-refractivity contribution in [2.24, 2.45) is 7.05 Å². The van der Waals surface area contributed by atoms with Gasteiger partial charge in [-0.15, -0.1) is 10.2 Å². The molecule has 1 aromatic heterocycles. The minimum atomic E-state index is -0.0550. The standard InChI is InChI=1S/C21H24N4OS/c1-4-15(2)16-10-12-18(13-11-16)22-19(26)14-27-21-24-23-20(25(21)3)17-8-6-5-7-9-17/h5-13,15H,4,14H2,1-3H3,(H,22,26). The third-order valence-corrected chi connectivity index (χ3v) is 5.60. The lowest BCUT2D eigenvalue weighted by atomic mass is 9.99. The van der Waals surface area contributed by atoms with Gasteiger partial charge < -0.3 is 9.88 Å². The van der Waals surface area contributed by atoms with E-state index in [1.165, 1.54) is 17.3 Å². The summed E-state index contributed by atoms with van der Waals surface area (Å²) in [4.78, 5) is 12.3. The highest BCUT2D eigenvalue weighted by molar-refractivity contribution is 7.99. The van der Waals surface area contributed by atoms with Crippen LogP contribution in [0.15, 0.2) is 59.8 Å². The molecule has 0 bridgehead atoms. The number of aromatic nitrogens is 3. The first-order valence-corrected chi connectivity index (χ1v) is 10.0. The first-order chi connectivity index (χ1) is 13.1. The van der Waals surface area contributed by atoms with Crippen LogP contribution in [0, 0.1) is 0 Å². The number of anilines is 1. The van der Waals surface area contributed by atoms with E-state index in [1.54, 1.807) is 0 Å². The number of nitrogens with zero attached hydrogens (tertiary/aromatic N) is 3. The normalized spacial score (nSPS) is 12.0. The lowest BCUT2D eigenvalue weighted by Crippen LogP contribution is -2.14. The van der Waals surface area contributed by atoms with Gasteiger partial charge in [-0.3, -0.25) is 4.79 Å². The molecule has 0 aliphatic carbocycles. The SMILES string of the molecule is CCC(C)c1ccc(NC(=O)CSc2nnc(-c3ccccc3)n2C)cc1. The molecule has 0 aliphatic rings. The molecule has 0 spiro atoms. The number of hydrogen-bond acceptors (Lipinski definition) is 4. The topological polar surface area (TPSA) is 59.8 Å². The van der Waals surface area contributed by atoms with Crippen molar-refractivity contribution in [1.29, 1.82) is 0 Å². The number of thioether (sulfide) groups is 1. The Bertz CT molecular complexity index is 890. The van der Waals surface area contributed by atoms with Crippen LogP contribution in [0.5, 0.6) is 0 Å². The summed E-state index contributed by atoms with van der Waals surface area (Å²) in [5.74, 6) is 1.55. The molecule has 1 atom stereocenters. The molecule has 1 heterocycles. The first kappa shape index (κ1) is 19.2. The second-order valence-electron chi connectivity index (χ2n) is 6.50. The molecule has 140 valence electrons. The second-order valence-corrected chi connectivity index (χ2v) is 7.44. The Labute approximate surface area is 164 Å². The Kier molecular flexibility index (Phi) is 6.29. The minimum absolute atomic E-state index is 0.0550. The summed E-state index contributed by atoms with van der Waals surface area (Å²) in [5, 5.41) is 12.1. The maximum atomic E-state index is 12.3. The van der Waals surface area contributed by atoms with Crippen LogP contribution in [0.3, 0.4) is 0 Å². The molecule has 1 unspecified atom stereocenters. The maximum Gasteiger partial charge on any atom is 0.234 e. The number of hydrogen-bond donors (Lipinski definition) is 1. The molecular weight excluding hydrogens is 356 g/mol. The van der Waals surface area contributed by atoms with Crippen LogP contribution in [-0.4, -0.2) is 26.4 Å². The highest BCUT2D eigenvalue weighted by atomic mass is 32.2. The van der Waals surface area contributed by atoms with Gasteiger partial charge in [0.15, 0.2) is 11.0 Å². The van der Waals surface area contributed by atoms with Gasteiger partial charge in [0.05, 0.1) is 5.75 Å². The molecule has 3 rings (SSSR count). The van der Waals surface area contributed by atoms with E-state index in [2.05, 4.69) is 41.5 Å². The Morgan fingerprint density at radius 2 is 1.81 bits per heavy atom. The van der Waals surface area contributed by atoms with Crippen molar-refractivity contribution in [2.45, 2.75) is 31.3 Å². The van der Waals surface area contributed by atoms with E-state index >= 15 is 0 Å². The van der Waals surface area contributed by atoms with E-state index in [-0.39, 0.29) is 11.7 Å². The van der Waals surface area contributed by atoms with Crippen molar-refractivity contribution in [2.75, 3.05) is 11.1 Å². The van der Waals surface area contributed by atoms with Crippen LogP contribution >= 0.6 is 11.8 Å². The molecule has 3 aromatic rings. The zero-order valence-electron chi connectivity index (χ0n) is 15.8. The van der Waals surface area contributed by atoms with Crippen molar-refractivity contribution < 1.29 is 4.79 Å². The average molecular weight is 381 g/mol. The van der Waals surface area contributed by atoms with Crippen molar-refractivity contribution in [1.82, 2.24) is 14.8 Å². The van der Waals surface area contributed by atoms with Gasteiger partial charge in [0.2, 0.25) is 5.91 Å². The Morgan fingerprint density at radius 3 is 2.48 bits per heavy atom. The van der Waals surface area contributed by atoms with Crippen LogP contribution in [0.4, 0.5) is 5.69 Å². The summed E-state index contributed by atoms with van der Waals surface area (Å²) >= 11 is 1.38. The quantitative estimate of drug-likeness (QED) is 0.602. The van der Waals surface area contributed by atoms with Crippen LogP contribution in [0.2, 0.25) is 0 Å². The number of rotatable bonds is 7. The average Bonchev–Trinajstić information content (AvgIpc) is 3.07. The van der Waals surface area contributed by atoms with Crippen molar-refractivity contribution in [3.8, 4) is 11.4 Å². The van der Waals surface area contributed by atoms with Gasteiger partial charge in [-0.1, -0.05) is 68.1 Å². The summed E-state index contributed by atoms with van der Waals surface area (Å²) in [6.45, 7) is 4.38. The van der Waals surface area contributed by atoms with Crippen LogP contribution < -0.4 is 5.32 Å². The van der Waals surface area contributed by atoms with E-state index in [1.807, 2.05) is 54.1 Å². The molecule has 0 fully saturated rings. The number of amides is 1. The molecule has 1 N–H and O–H groups in total. The van der Waals surface area contributed by atoms with Gasteiger partial charge in [-0.05, 0) is 30.0 Å². The molecule has 0 radical (unpaired) electrons. The third-order valence-electron chi connectivity index (χ3n) is 4.58. The molecule has 6 heteroatoms. The zero-order valence-corrected chi connectivity index (χ0v) is 16.7. The van der Waals surface area contributed by atoms with Crippen molar-refractivity contribution in [3.63, 3.8) is 0 Å². The summed E-state index contributed by atoms with van der Waals surface area (Å²) in [7, 11) is 1.91. The molecule has 1 amide bonds. The fourth-order valence-corrected chi connectivity index (χ4v) is 3.45. The van der Waals surface area contributed by atoms with Crippen LogP contribution in [-0.2, 0) is 11.8 Å². The molecule has 5 nitrogen and oxygen atoms in total. The lowest BCUT2D eigenvalue weighted by molar-refractivity contribution is -0.113. The molecule has 27 heavy (non-hydrogen) atoms. The van der Waals surface area contributed by atoms with E-state index in [0.29, 0.717) is 5.92 Å². The van der Waals surface area contributed by atoms with E-state index < -0.39 is 0 Å². The summed E-state index contributed by atoms with van der Waals surface area (Å²) in [6.07, 6.45) is 1.10. The predicted octanol–water partition coefficient (Wildman–Crippen LogP) is 4.73. The summed E-state index contributed by atoms with van der Waals surface area (Å²) in [5.41, 5.74) is 3.11. The second kappa shape index (κ2) is 8.86. The smallest absolute Gasteiger partial charge is 0.234 e. The van der Waals surface area contributed by atoms with Crippen LogP contribution in [0.25, 0.3) is 11.4 Å². The summed E-state index contributed by atoms with van der Waals surface area (Å²) < 4.78 is 1.91. The van der Waals surface area contributed by atoms with Gasteiger partial charge in [0, 0.05) is 18.3 Å². The Balaban J connectivity index is 1.57. The van der Waals surface area contributed by atoms with Gasteiger partial charge >= 0.3 is 0 Å². The Hall–Kier alpha value is -2.60. The third kappa shape index (κ3) is 4.77. The lowest BCUT2D eigenvalue weighted by Gasteiger charge is -2.10. The molecule has 2 aromatic carbocycles. The van der Waals surface area contributed by atoms with Gasteiger partial charge in [0.25, 0.3) is 0 Å². The highest BCUT2D eigenvalue weighted by Gasteiger charge is 2.13. The van der Waals surface area contributed by atoms with E-state index in [9.17, 15) is 4.79 Å². The monoisotopic (exact) mass is 380 g/mol. The fraction of sp³-hybridized carbons (Fsp3) is 0.286. The Morgan fingerprint density at radius 1 is 1.11 bits per heavy atom. The maximum absolute atomic E-state index is 12.3. The van der Waals surface area contributed by atoms with Gasteiger partial charge in [-0.2, -0.15) is 0 Å². The van der Waals surface area contributed by atoms with Crippen molar-refractivity contribution in [3.05, 3.63) is 60.2 Å². The van der Waals surface area contributed by atoms with Gasteiger partial charge in [0.1, 0.15) is 0 Å². The number of benzene rings is 2. The number of nitrogens with one attached hydrogen (secondary N) is 1. The minimum Gasteiger partial charge on any atom is -0.325 e. The first-order valence-electron chi connectivity index (χ1n) is 9.06. The van der Waals surface area contributed by atoms with E-state index in [4.69, 9.17) is 0 Å². The van der Waals surface area contributed by atoms with Crippen LogP contribution in [0.1, 0.15) is 31.7 Å². The molecule has 0 aliphatic heterocycles. The predicted molar refractivity (Wildman–Crippen MR) is 111 cm³/mol. The largest absolute Gasteiger partial charge is 0.325 e. The van der Waals surface area contributed by atoms with E-state index in [0.717, 1.165) is 28.7 Å². The number of carbonyl (C=O) groups excluding carboxylic acids is 1. The molecule has 0 saturated heterocycles. The fourth-order valence-electron chi connectivity index (χ4n) is 2.74.